The van der Waals surface area contributed by atoms with Crippen LogP contribution in [0.25, 0.3) is 0 Å². The zero-order valence-electron chi connectivity index (χ0n) is 17.5. The molecule has 3 rings (SSSR count). The highest BCUT2D eigenvalue weighted by atomic mass is 32.2. The molecule has 0 amide bonds. The van der Waals surface area contributed by atoms with Crippen LogP contribution in [0.4, 0.5) is 5.69 Å². The predicted octanol–water partition coefficient (Wildman–Crippen LogP) is 4.25. The third kappa shape index (κ3) is 5.00. The zero-order chi connectivity index (χ0) is 22.6. The molecular formula is C24H23NO5S. The molecule has 0 fully saturated rings. The minimum absolute atomic E-state index is 0.0473. The monoisotopic (exact) mass is 437 g/mol. The van der Waals surface area contributed by atoms with E-state index < -0.39 is 22.1 Å². The third-order valence-corrected chi connectivity index (χ3v) is 6.62. The van der Waals surface area contributed by atoms with Crippen molar-refractivity contribution in [3.05, 3.63) is 95.6 Å². The van der Waals surface area contributed by atoms with Crippen LogP contribution in [-0.2, 0) is 14.8 Å². The number of hydrogen-bond donors (Lipinski definition) is 0. The van der Waals surface area contributed by atoms with E-state index in [1.54, 1.807) is 42.5 Å². The molecule has 3 aromatic carbocycles. The molecule has 0 unspecified atom stereocenters. The van der Waals surface area contributed by atoms with Crippen molar-refractivity contribution in [2.45, 2.75) is 24.8 Å². The molecule has 0 radical (unpaired) electrons. The van der Waals surface area contributed by atoms with E-state index in [2.05, 4.69) is 0 Å². The molecule has 7 heteroatoms. The molecule has 0 aliphatic rings. The molecular weight excluding hydrogens is 414 g/mol. The first-order valence-electron chi connectivity index (χ1n) is 9.66. The summed E-state index contributed by atoms with van der Waals surface area (Å²) in [7, 11) is -2.44. The third-order valence-electron chi connectivity index (χ3n) is 4.84. The highest BCUT2D eigenvalue weighted by Gasteiger charge is 2.24. The number of nitrogens with zero attached hydrogens (tertiary/aromatic N) is 1. The van der Waals surface area contributed by atoms with Crippen LogP contribution in [0.2, 0.25) is 0 Å². The topological polar surface area (TPSA) is 80.8 Å². The van der Waals surface area contributed by atoms with Crippen LogP contribution >= 0.6 is 0 Å². The molecule has 31 heavy (non-hydrogen) atoms. The minimum Gasteiger partial charge on any atom is -0.451 e. The van der Waals surface area contributed by atoms with Crippen LogP contribution < -0.4 is 4.31 Å². The summed E-state index contributed by atoms with van der Waals surface area (Å²) >= 11 is 0. The van der Waals surface area contributed by atoms with E-state index in [4.69, 9.17) is 4.74 Å². The maximum absolute atomic E-state index is 13.0. The number of Topliss-reactive ketones (excluding diaryl/α,β-unsaturated/α-hetero) is 1. The quantitative estimate of drug-likeness (QED) is 0.408. The minimum atomic E-state index is -3.89. The summed E-state index contributed by atoms with van der Waals surface area (Å²) in [5.41, 5.74) is 1.99. The van der Waals surface area contributed by atoms with Crippen LogP contribution in [0.15, 0.2) is 83.8 Å². The van der Waals surface area contributed by atoms with Crippen molar-refractivity contribution in [1.82, 2.24) is 0 Å². The lowest BCUT2D eigenvalue weighted by molar-refractivity contribution is 0.0318. The highest BCUT2D eigenvalue weighted by molar-refractivity contribution is 7.92. The van der Waals surface area contributed by atoms with Gasteiger partial charge in [-0.25, -0.2) is 13.2 Å². The van der Waals surface area contributed by atoms with Crippen molar-refractivity contribution in [2.75, 3.05) is 11.4 Å². The van der Waals surface area contributed by atoms with E-state index in [1.165, 1.54) is 38.2 Å². The van der Waals surface area contributed by atoms with Crippen molar-refractivity contribution < 1.29 is 22.7 Å². The molecule has 0 N–H and O–H groups in total. The average molecular weight is 438 g/mol. The Kier molecular flexibility index (Phi) is 6.56. The highest BCUT2D eigenvalue weighted by Crippen LogP contribution is 2.23. The SMILES string of the molecule is Cc1ccc(N(C)S(=O)(=O)c2cccc(C(=O)O[C@@H](C)C(=O)c3ccccc3)c2)cc1. The number of hydrogen-bond acceptors (Lipinski definition) is 5. The van der Waals surface area contributed by atoms with Crippen LogP contribution in [0, 0.1) is 6.92 Å². The first-order valence-corrected chi connectivity index (χ1v) is 11.1. The number of sulfonamides is 1. The van der Waals surface area contributed by atoms with Crippen molar-refractivity contribution in [3.8, 4) is 0 Å². The first kappa shape index (κ1) is 22.2. The lowest BCUT2D eigenvalue weighted by Crippen LogP contribution is -2.27. The van der Waals surface area contributed by atoms with E-state index in [0.29, 0.717) is 11.3 Å². The van der Waals surface area contributed by atoms with E-state index in [9.17, 15) is 18.0 Å². The zero-order valence-corrected chi connectivity index (χ0v) is 18.3. The lowest BCUT2D eigenvalue weighted by Gasteiger charge is -2.20. The number of benzene rings is 3. The Bertz CT molecular complexity index is 1190. The van der Waals surface area contributed by atoms with Crippen molar-refractivity contribution in [1.29, 1.82) is 0 Å². The van der Waals surface area contributed by atoms with Crippen LogP contribution in [0.3, 0.4) is 0 Å². The van der Waals surface area contributed by atoms with Gasteiger partial charge in [0.1, 0.15) is 0 Å². The molecule has 0 bridgehead atoms. The Labute approximate surface area is 182 Å². The Morgan fingerprint density at radius 3 is 2.13 bits per heavy atom. The van der Waals surface area contributed by atoms with Gasteiger partial charge in [0, 0.05) is 12.6 Å². The molecule has 0 aromatic heterocycles. The summed E-state index contributed by atoms with van der Waals surface area (Å²) < 4.78 is 32.5. The number of anilines is 1. The van der Waals surface area contributed by atoms with Gasteiger partial charge in [-0.1, -0.05) is 54.1 Å². The van der Waals surface area contributed by atoms with E-state index in [1.807, 2.05) is 19.1 Å². The second kappa shape index (κ2) is 9.14. The lowest BCUT2D eigenvalue weighted by atomic mass is 10.1. The molecule has 1 atom stereocenters. The maximum Gasteiger partial charge on any atom is 0.338 e. The second-order valence-electron chi connectivity index (χ2n) is 7.11. The molecule has 3 aromatic rings. The number of rotatable bonds is 7. The first-order chi connectivity index (χ1) is 14.7. The van der Waals surface area contributed by atoms with E-state index in [-0.39, 0.29) is 16.2 Å². The fourth-order valence-corrected chi connectivity index (χ4v) is 4.20. The van der Waals surface area contributed by atoms with Gasteiger partial charge >= 0.3 is 5.97 Å². The number of aryl methyl sites for hydroxylation is 1. The Hall–Kier alpha value is -3.45. The smallest absolute Gasteiger partial charge is 0.338 e. The van der Waals surface area contributed by atoms with Gasteiger partial charge in [-0.15, -0.1) is 0 Å². The standard InChI is InChI=1S/C24H23NO5S/c1-17-12-14-21(15-13-17)25(3)31(28,29)22-11-7-10-20(16-22)24(27)30-18(2)23(26)19-8-5-4-6-9-19/h4-16,18H,1-3H3/t18-/m0/s1. The van der Waals surface area contributed by atoms with Gasteiger partial charge in [-0.3, -0.25) is 9.10 Å². The van der Waals surface area contributed by atoms with E-state index in [0.717, 1.165) is 9.87 Å². The van der Waals surface area contributed by atoms with Gasteiger partial charge in [0.25, 0.3) is 10.0 Å². The summed E-state index contributed by atoms with van der Waals surface area (Å²) in [6.07, 6.45) is -1.01. The van der Waals surface area contributed by atoms with Crippen molar-refractivity contribution in [2.24, 2.45) is 0 Å². The van der Waals surface area contributed by atoms with Crippen molar-refractivity contribution in [3.63, 3.8) is 0 Å². The van der Waals surface area contributed by atoms with Gasteiger partial charge in [-0.05, 0) is 44.2 Å². The Morgan fingerprint density at radius 1 is 0.871 bits per heavy atom. The molecule has 0 saturated heterocycles. The second-order valence-corrected chi connectivity index (χ2v) is 9.08. The van der Waals surface area contributed by atoms with Gasteiger partial charge in [-0.2, -0.15) is 0 Å². The molecule has 0 heterocycles. The van der Waals surface area contributed by atoms with E-state index >= 15 is 0 Å². The summed E-state index contributed by atoms with van der Waals surface area (Å²) in [5.74, 6) is -1.11. The molecule has 0 aliphatic heterocycles. The summed E-state index contributed by atoms with van der Waals surface area (Å²) in [4.78, 5) is 24.9. The molecule has 160 valence electrons. The Morgan fingerprint density at radius 2 is 1.48 bits per heavy atom. The van der Waals surface area contributed by atoms with Gasteiger partial charge in [0.2, 0.25) is 5.78 Å². The molecule has 0 spiro atoms. The summed E-state index contributed by atoms with van der Waals surface area (Å²) in [6, 6.07) is 21.2. The van der Waals surface area contributed by atoms with Crippen LogP contribution in [0.5, 0.6) is 0 Å². The number of carbonyl (C=O) groups excluding carboxylic acids is 2. The summed E-state index contributed by atoms with van der Waals surface area (Å²) in [5, 5.41) is 0. The molecule has 0 aliphatic carbocycles. The normalized spacial score (nSPS) is 12.1. The predicted molar refractivity (Wildman–Crippen MR) is 119 cm³/mol. The van der Waals surface area contributed by atoms with Crippen molar-refractivity contribution >= 4 is 27.5 Å². The fourth-order valence-electron chi connectivity index (χ4n) is 2.95. The largest absolute Gasteiger partial charge is 0.451 e. The number of esters is 1. The molecule has 0 saturated carbocycles. The van der Waals surface area contributed by atoms with Gasteiger partial charge < -0.3 is 4.74 Å². The Balaban J connectivity index is 1.79. The summed E-state index contributed by atoms with van der Waals surface area (Å²) in [6.45, 7) is 3.40. The van der Waals surface area contributed by atoms with Crippen LogP contribution in [-0.4, -0.2) is 33.3 Å². The molecule has 6 nitrogen and oxygen atoms in total. The maximum atomic E-state index is 13.0. The van der Waals surface area contributed by atoms with Gasteiger partial charge in [0.15, 0.2) is 6.10 Å². The van der Waals surface area contributed by atoms with Crippen LogP contribution in [0.1, 0.15) is 33.2 Å². The van der Waals surface area contributed by atoms with Gasteiger partial charge in [0.05, 0.1) is 16.1 Å². The fraction of sp³-hybridized carbons (Fsp3) is 0.167. The average Bonchev–Trinajstić information content (AvgIpc) is 2.79. The number of ether oxygens (including phenoxy) is 1. The number of ketones is 1. The number of carbonyl (C=O) groups is 2.